The van der Waals surface area contributed by atoms with Crippen LogP contribution in [0, 0.1) is 0 Å². The normalized spacial score (nSPS) is 19.5. The molecule has 3 heteroatoms. The van der Waals surface area contributed by atoms with E-state index in [-0.39, 0.29) is 0 Å². The number of likely N-dealkylation sites (N-methyl/N-ethyl adjacent to an activating group) is 1. The molecule has 0 aliphatic heterocycles. The van der Waals surface area contributed by atoms with Crippen LogP contribution in [0.3, 0.4) is 0 Å². The summed E-state index contributed by atoms with van der Waals surface area (Å²) in [5, 5.41) is 9.65. The van der Waals surface area contributed by atoms with Gasteiger partial charge in [0.25, 0.3) is 0 Å². The molecule has 1 fully saturated rings. The maximum atomic E-state index is 11.7. The lowest BCUT2D eigenvalue weighted by molar-refractivity contribution is -0.144. The van der Waals surface area contributed by atoms with Crippen molar-refractivity contribution < 1.29 is 9.90 Å². The van der Waals surface area contributed by atoms with Gasteiger partial charge in [-0.3, -0.25) is 4.79 Å². The topological polar surface area (TPSA) is 40.5 Å². The second-order valence-electron chi connectivity index (χ2n) is 5.86. The molecule has 1 atom stereocenters. The molecule has 104 valence electrons. The van der Waals surface area contributed by atoms with Gasteiger partial charge in [0.1, 0.15) is 5.41 Å². The average molecular weight is 261 g/mol. The molecule has 19 heavy (non-hydrogen) atoms. The van der Waals surface area contributed by atoms with E-state index in [1.165, 1.54) is 25.7 Å². The van der Waals surface area contributed by atoms with Gasteiger partial charge in [-0.15, -0.1) is 0 Å². The number of rotatable bonds is 5. The fourth-order valence-electron chi connectivity index (χ4n) is 3.06. The molecule has 0 amide bonds. The summed E-state index contributed by atoms with van der Waals surface area (Å²) in [5.41, 5.74) is 0.0471. The number of nitrogens with zero attached hydrogens (tertiary/aromatic N) is 1. The molecule has 1 aromatic carbocycles. The third-order valence-corrected chi connectivity index (χ3v) is 4.40. The third-order valence-electron chi connectivity index (χ3n) is 4.40. The van der Waals surface area contributed by atoms with Crippen molar-refractivity contribution in [3.8, 4) is 0 Å². The third kappa shape index (κ3) is 2.98. The molecule has 0 heterocycles. The molecular formula is C16H23NO2. The van der Waals surface area contributed by atoms with Crippen LogP contribution < -0.4 is 0 Å². The molecule has 1 N–H and O–H groups in total. The summed E-state index contributed by atoms with van der Waals surface area (Å²) in [6.07, 6.45) is 4.93. The van der Waals surface area contributed by atoms with Crippen LogP contribution in [0.2, 0.25) is 0 Å². The van der Waals surface area contributed by atoms with Crippen molar-refractivity contribution in [2.75, 3.05) is 13.6 Å². The summed E-state index contributed by atoms with van der Waals surface area (Å²) < 4.78 is 0. The highest BCUT2D eigenvalue weighted by molar-refractivity contribution is 5.81. The molecular weight excluding hydrogens is 238 g/mol. The molecule has 0 aromatic heterocycles. The fraction of sp³-hybridized carbons (Fsp3) is 0.562. The summed E-state index contributed by atoms with van der Waals surface area (Å²) in [4.78, 5) is 14.0. The Kier molecular flexibility index (Phi) is 4.25. The standard InChI is InChI=1S/C16H23NO2/c1-16(15(18)19,13-8-4-3-5-9-13)12-17(2)14-10-6-7-11-14/h3-5,8-9,14H,6-7,10-12H2,1-2H3,(H,18,19). The van der Waals surface area contributed by atoms with E-state index in [4.69, 9.17) is 0 Å². The predicted octanol–water partition coefficient (Wildman–Crippen LogP) is 2.90. The van der Waals surface area contributed by atoms with E-state index in [1.807, 2.05) is 37.3 Å². The van der Waals surface area contributed by atoms with E-state index in [2.05, 4.69) is 11.9 Å². The van der Waals surface area contributed by atoms with E-state index < -0.39 is 11.4 Å². The Labute approximate surface area is 115 Å². The molecule has 0 saturated heterocycles. The lowest BCUT2D eigenvalue weighted by Crippen LogP contribution is -2.46. The first-order valence-electron chi connectivity index (χ1n) is 7.03. The lowest BCUT2D eigenvalue weighted by Gasteiger charge is -2.33. The molecule has 3 nitrogen and oxygen atoms in total. The van der Waals surface area contributed by atoms with Crippen LogP contribution in [0.4, 0.5) is 0 Å². The van der Waals surface area contributed by atoms with Crippen LogP contribution >= 0.6 is 0 Å². The first kappa shape index (κ1) is 14.1. The zero-order valence-electron chi connectivity index (χ0n) is 11.8. The largest absolute Gasteiger partial charge is 0.481 e. The molecule has 1 unspecified atom stereocenters. The Bertz CT molecular complexity index is 426. The molecule has 0 spiro atoms. The molecule has 1 aromatic rings. The Morgan fingerprint density at radius 1 is 1.32 bits per heavy atom. The number of carboxylic acids is 1. The minimum atomic E-state index is -0.835. The smallest absolute Gasteiger partial charge is 0.315 e. The Morgan fingerprint density at radius 2 is 1.89 bits per heavy atom. The van der Waals surface area contributed by atoms with E-state index >= 15 is 0 Å². The van der Waals surface area contributed by atoms with Gasteiger partial charge in [-0.25, -0.2) is 0 Å². The predicted molar refractivity (Wildman–Crippen MR) is 76.3 cm³/mol. The van der Waals surface area contributed by atoms with Crippen molar-refractivity contribution in [2.45, 2.75) is 44.1 Å². The highest BCUT2D eigenvalue weighted by Gasteiger charge is 2.37. The van der Waals surface area contributed by atoms with Gasteiger partial charge in [-0.2, -0.15) is 0 Å². The molecule has 0 bridgehead atoms. The van der Waals surface area contributed by atoms with Crippen LogP contribution in [0.25, 0.3) is 0 Å². The Hall–Kier alpha value is -1.35. The second kappa shape index (κ2) is 5.74. The number of aliphatic carboxylic acids is 1. The van der Waals surface area contributed by atoms with Crippen molar-refractivity contribution in [1.82, 2.24) is 4.90 Å². The highest BCUT2D eigenvalue weighted by atomic mass is 16.4. The summed E-state index contributed by atoms with van der Waals surface area (Å²) in [7, 11) is 2.06. The van der Waals surface area contributed by atoms with Crippen molar-refractivity contribution in [3.05, 3.63) is 35.9 Å². The first-order chi connectivity index (χ1) is 9.04. The average Bonchev–Trinajstić information content (AvgIpc) is 2.93. The quantitative estimate of drug-likeness (QED) is 0.886. The summed E-state index contributed by atoms with van der Waals surface area (Å²) >= 11 is 0. The maximum absolute atomic E-state index is 11.7. The summed E-state index contributed by atoms with van der Waals surface area (Å²) in [5.74, 6) is -0.747. The number of benzene rings is 1. The first-order valence-corrected chi connectivity index (χ1v) is 7.03. The summed E-state index contributed by atoms with van der Waals surface area (Å²) in [6, 6.07) is 10.1. The van der Waals surface area contributed by atoms with Gasteiger partial charge in [-0.05, 0) is 32.4 Å². The molecule has 0 radical (unpaired) electrons. The Morgan fingerprint density at radius 3 is 2.42 bits per heavy atom. The molecule has 1 aliphatic rings. The van der Waals surface area contributed by atoms with Crippen LogP contribution in [-0.2, 0) is 10.2 Å². The maximum Gasteiger partial charge on any atom is 0.315 e. The van der Waals surface area contributed by atoms with Crippen LogP contribution in [0.5, 0.6) is 0 Å². The zero-order valence-corrected chi connectivity index (χ0v) is 11.8. The van der Waals surface area contributed by atoms with Crippen LogP contribution in [-0.4, -0.2) is 35.6 Å². The highest BCUT2D eigenvalue weighted by Crippen LogP contribution is 2.29. The molecule has 1 aliphatic carbocycles. The van der Waals surface area contributed by atoms with Gasteiger partial charge < -0.3 is 10.0 Å². The number of hydrogen-bond donors (Lipinski definition) is 1. The van der Waals surface area contributed by atoms with Gasteiger partial charge in [0, 0.05) is 12.6 Å². The molecule has 1 saturated carbocycles. The van der Waals surface area contributed by atoms with Gasteiger partial charge in [0.15, 0.2) is 0 Å². The minimum Gasteiger partial charge on any atom is -0.481 e. The summed E-state index contributed by atoms with van der Waals surface area (Å²) in [6.45, 7) is 2.40. The van der Waals surface area contributed by atoms with E-state index in [0.717, 1.165) is 5.56 Å². The van der Waals surface area contributed by atoms with Crippen molar-refractivity contribution in [2.24, 2.45) is 0 Å². The fourth-order valence-corrected chi connectivity index (χ4v) is 3.06. The second-order valence-corrected chi connectivity index (χ2v) is 5.86. The van der Waals surface area contributed by atoms with Crippen molar-refractivity contribution in [1.29, 1.82) is 0 Å². The zero-order chi connectivity index (χ0) is 13.9. The van der Waals surface area contributed by atoms with Gasteiger partial charge in [0.05, 0.1) is 0 Å². The lowest BCUT2D eigenvalue weighted by atomic mass is 9.81. The van der Waals surface area contributed by atoms with Gasteiger partial charge >= 0.3 is 5.97 Å². The van der Waals surface area contributed by atoms with Crippen molar-refractivity contribution in [3.63, 3.8) is 0 Å². The number of carboxylic acid groups (broad SMARTS) is 1. The van der Waals surface area contributed by atoms with Crippen LogP contribution in [0.15, 0.2) is 30.3 Å². The number of hydrogen-bond acceptors (Lipinski definition) is 2. The van der Waals surface area contributed by atoms with Crippen LogP contribution in [0.1, 0.15) is 38.2 Å². The van der Waals surface area contributed by atoms with Gasteiger partial charge in [-0.1, -0.05) is 43.2 Å². The van der Waals surface area contributed by atoms with E-state index in [0.29, 0.717) is 12.6 Å². The Balaban J connectivity index is 2.18. The molecule has 2 rings (SSSR count). The van der Waals surface area contributed by atoms with Crippen molar-refractivity contribution >= 4 is 5.97 Å². The van der Waals surface area contributed by atoms with E-state index in [9.17, 15) is 9.90 Å². The number of carbonyl (C=O) groups is 1. The SMILES string of the molecule is CN(CC(C)(C(=O)O)c1ccccc1)C1CCCC1. The van der Waals surface area contributed by atoms with E-state index in [1.54, 1.807) is 0 Å². The minimum absolute atomic E-state index is 0.544. The monoisotopic (exact) mass is 261 g/mol. The van der Waals surface area contributed by atoms with Gasteiger partial charge in [0.2, 0.25) is 0 Å².